The highest BCUT2D eigenvalue weighted by molar-refractivity contribution is 5.73. The van der Waals surface area contributed by atoms with Crippen molar-refractivity contribution in [2.24, 2.45) is 0 Å². The van der Waals surface area contributed by atoms with Gasteiger partial charge in [0.25, 0.3) is 0 Å². The minimum Gasteiger partial charge on any atom is -0.342 e. The zero-order chi connectivity index (χ0) is 11.5. The van der Waals surface area contributed by atoms with Crippen LogP contribution in [0.15, 0.2) is 12.4 Å². The maximum atomic E-state index is 11.4. The first kappa shape index (κ1) is 11.0. The molecule has 2 rings (SSSR count). The summed E-state index contributed by atoms with van der Waals surface area (Å²) in [6.45, 7) is 5.28. The third kappa shape index (κ3) is 2.21. The van der Waals surface area contributed by atoms with E-state index in [0.29, 0.717) is 5.92 Å². The van der Waals surface area contributed by atoms with Crippen LogP contribution in [0.3, 0.4) is 0 Å². The smallest absolute Gasteiger partial charge is 0.219 e. The molecule has 0 N–H and O–H groups in total. The number of piperidine rings is 1. The van der Waals surface area contributed by atoms with E-state index < -0.39 is 0 Å². The molecule has 2 heterocycles. The van der Waals surface area contributed by atoms with Crippen LogP contribution in [0.4, 0.5) is 0 Å². The Labute approximate surface area is 95.7 Å². The Kier molecular flexibility index (Phi) is 3.17. The van der Waals surface area contributed by atoms with Crippen molar-refractivity contribution in [3.63, 3.8) is 0 Å². The van der Waals surface area contributed by atoms with E-state index in [1.807, 2.05) is 11.8 Å². The Morgan fingerprint density at radius 1 is 1.44 bits per heavy atom. The van der Waals surface area contributed by atoms with E-state index in [0.717, 1.165) is 37.3 Å². The van der Waals surface area contributed by atoms with Gasteiger partial charge in [-0.3, -0.25) is 14.8 Å². The third-order valence-corrected chi connectivity index (χ3v) is 3.17. The number of carbonyl (C=O) groups excluding carboxylic acids is 1. The molecule has 86 valence electrons. The molecule has 1 aliphatic heterocycles. The fraction of sp³-hybridized carbons (Fsp3) is 0.583. The van der Waals surface area contributed by atoms with Gasteiger partial charge >= 0.3 is 0 Å². The minimum atomic E-state index is 0.159. The largest absolute Gasteiger partial charge is 0.342 e. The van der Waals surface area contributed by atoms with Gasteiger partial charge in [-0.2, -0.15) is 0 Å². The lowest BCUT2D eigenvalue weighted by Crippen LogP contribution is -2.38. The van der Waals surface area contributed by atoms with Gasteiger partial charge in [-0.05, 0) is 19.8 Å². The molecule has 0 aromatic carbocycles. The Bertz CT molecular complexity index is 392. The highest BCUT2D eigenvalue weighted by Crippen LogP contribution is 2.26. The predicted molar refractivity (Wildman–Crippen MR) is 61.0 cm³/mol. The number of nitrogens with zero attached hydrogens (tertiary/aromatic N) is 3. The maximum Gasteiger partial charge on any atom is 0.219 e. The van der Waals surface area contributed by atoms with Crippen molar-refractivity contribution in [2.75, 3.05) is 13.1 Å². The molecule has 1 fully saturated rings. The predicted octanol–water partition coefficient (Wildman–Crippen LogP) is 1.51. The van der Waals surface area contributed by atoms with Gasteiger partial charge < -0.3 is 4.90 Å². The molecule has 0 spiro atoms. The molecule has 0 saturated carbocycles. The number of aromatic nitrogens is 2. The topological polar surface area (TPSA) is 46.1 Å². The zero-order valence-corrected chi connectivity index (χ0v) is 9.81. The zero-order valence-electron chi connectivity index (χ0n) is 9.81. The average Bonchev–Trinajstić information content (AvgIpc) is 2.30. The van der Waals surface area contributed by atoms with Gasteiger partial charge in [0, 0.05) is 38.3 Å². The first-order valence-corrected chi connectivity index (χ1v) is 5.71. The third-order valence-electron chi connectivity index (χ3n) is 3.17. The molecule has 0 radical (unpaired) electrons. The van der Waals surface area contributed by atoms with Crippen LogP contribution in [0, 0.1) is 6.92 Å². The Hall–Kier alpha value is -1.45. The summed E-state index contributed by atoms with van der Waals surface area (Å²) in [4.78, 5) is 21.9. The molecule has 4 heteroatoms. The number of likely N-dealkylation sites (tertiary alicyclic amines) is 1. The van der Waals surface area contributed by atoms with E-state index >= 15 is 0 Å². The van der Waals surface area contributed by atoms with Crippen molar-refractivity contribution in [1.82, 2.24) is 14.9 Å². The van der Waals surface area contributed by atoms with E-state index in [1.54, 1.807) is 19.3 Å². The second-order valence-corrected chi connectivity index (χ2v) is 4.33. The van der Waals surface area contributed by atoms with Crippen molar-refractivity contribution < 1.29 is 4.79 Å². The monoisotopic (exact) mass is 219 g/mol. The van der Waals surface area contributed by atoms with E-state index in [4.69, 9.17) is 0 Å². The molecular formula is C12H17N3O. The highest BCUT2D eigenvalue weighted by atomic mass is 16.2. The molecule has 1 atom stereocenters. The van der Waals surface area contributed by atoms with Crippen LogP contribution in [0.25, 0.3) is 0 Å². The first-order chi connectivity index (χ1) is 7.68. The minimum absolute atomic E-state index is 0.159. The van der Waals surface area contributed by atoms with Crippen molar-refractivity contribution >= 4 is 5.91 Å². The molecule has 1 saturated heterocycles. The summed E-state index contributed by atoms with van der Waals surface area (Å²) < 4.78 is 0. The molecule has 16 heavy (non-hydrogen) atoms. The van der Waals surface area contributed by atoms with E-state index in [9.17, 15) is 4.79 Å². The van der Waals surface area contributed by atoms with E-state index in [1.165, 1.54) is 0 Å². The van der Waals surface area contributed by atoms with Crippen LogP contribution >= 0.6 is 0 Å². The van der Waals surface area contributed by atoms with Crippen LogP contribution in [0.5, 0.6) is 0 Å². The van der Waals surface area contributed by atoms with Gasteiger partial charge in [-0.15, -0.1) is 0 Å². The maximum absolute atomic E-state index is 11.4. The number of carbonyl (C=O) groups is 1. The molecule has 0 unspecified atom stereocenters. The number of rotatable bonds is 1. The van der Waals surface area contributed by atoms with Crippen molar-refractivity contribution in [3.8, 4) is 0 Å². The van der Waals surface area contributed by atoms with Gasteiger partial charge in [0.15, 0.2) is 0 Å². The fourth-order valence-corrected chi connectivity index (χ4v) is 2.31. The number of aryl methyl sites for hydroxylation is 1. The Morgan fingerprint density at radius 3 is 2.88 bits per heavy atom. The van der Waals surface area contributed by atoms with Gasteiger partial charge in [0.1, 0.15) is 0 Å². The molecule has 1 amide bonds. The van der Waals surface area contributed by atoms with Gasteiger partial charge in [0.2, 0.25) is 5.91 Å². The molecule has 1 aromatic rings. The van der Waals surface area contributed by atoms with Gasteiger partial charge in [-0.25, -0.2) is 0 Å². The normalized spacial score (nSPS) is 20.9. The summed E-state index contributed by atoms with van der Waals surface area (Å²) in [6.07, 6.45) is 5.60. The Balaban J connectivity index is 2.16. The summed E-state index contributed by atoms with van der Waals surface area (Å²) in [5.74, 6) is 0.512. The van der Waals surface area contributed by atoms with Crippen molar-refractivity contribution in [1.29, 1.82) is 0 Å². The lowest BCUT2D eigenvalue weighted by molar-refractivity contribution is -0.130. The van der Waals surface area contributed by atoms with Crippen LogP contribution in [0.1, 0.15) is 37.1 Å². The highest BCUT2D eigenvalue weighted by Gasteiger charge is 2.24. The summed E-state index contributed by atoms with van der Waals surface area (Å²) in [5, 5.41) is 0. The lowest BCUT2D eigenvalue weighted by Gasteiger charge is -2.32. The summed E-state index contributed by atoms with van der Waals surface area (Å²) in [6, 6.07) is 0. The van der Waals surface area contributed by atoms with Gasteiger partial charge in [-0.1, -0.05) is 0 Å². The van der Waals surface area contributed by atoms with Crippen LogP contribution in [-0.2, 0) is 4.79 Å². The number of amides is 1. The average molecular weight is 219 g/mol. The van der Waals surface area contributed by atoms with Crippen LogP contribution < -0.4 is 0 Å². The van der Waals surface area contributed by atoms with E-state index in [-0.39, 0.29) is 5.91 Å². The Morgan fingerprint density at radius 2 is 2.19 bits per heavy atom. The molecular weight excluding hydrogens is 202 g/mol. The van der Waals surface area contributed by atoms with Gasteiger partial charge in [0.05, 0.1) is 11.4 Å². The second-order valence-electron chi connectivity index (χ2n) is 4.33. The summed E-state index contributed by atoms with van der Waals surface area (Å²) in [7, 11) is 0. The molecule has 4 nitrogen and oxygen atoms in total. The molecule has 0 aliphatic carbocycles. The SMILES string of the molecule is CC(=O)N1CCC[C@H](c2nccnc2C)C1. The fourth-order valence-electron chi connectivity index (χ4n) is 2.31. The lowest BCUT2D eigenvalue weighted by atomic mass is 9.93. The van der Waals surface area contributed by atoms with Crippen molar-refractivity contribution in [2.45, 2.75) is 32.6 Å². The summed E-state index contributed by atoms with van der Waals surface area (Å²) in [5.41, 5.74) is 2.03. The quantitative estimate of drug-likeness (QED) is 0.719. The van der Waals surface area contributed by atoms with Crippen LogP contribution in [0.2, 0.25) is 0 Å². The van der Waals surface area contributed by atoms with E-state index in [2.05, 4.69) is 9.97 Å². The first-order valence-electron chi connectivity index (χ1n) is 5.71. The standard InChI is InChI=1S/C12H17N3O/c1-9-12(14-6-5-13-9)11-4-3-7-15(8-11)10(2)16/h5-6,11H,3-4,7-8H2,1-2H3/t11-/m0/s1. The molecule has 1 aliphatic rings. The second kappa shape index (κ2) is 4.60. The van der Waals surface area contributed by atoms with Crippen LogP contribution in [-0.4, -0.2) is 33.9 Å². The number of hydrogen-bond acceptors (Lipinski definition) is 3. The number of hydrogen-bond donors (Lipinski definition) is 0. The summed E-state index contributed by atoms with van der Waals surface area (Å²) >= 11 is 0. The van der Waals surface area contributed by atoms with Crippen molar-refractivity contribution in [3.05, 3.63) is 23.8 Å². The molecule has 1 aromatic heterocycles. The molecule has 0 bridgehead atoms.